The molecule has 3 rings (SSSR count). The second kappa shape index (κ2) is 4.92. The number of pyridine rings is 1. The van der Waals surface area contributed by atoms with Crippen LogP contribution in [-0.2, 0) is 0 Å². The summed E-state index contributed by atoms with van der Waals surface area (Å²) < 4.78 is 7.34. The fourth-order valence-electron chi connectivity index (χ4n) is 2.18. The minimum Gasteiger partial charge on any atom is -0.449 e. The minimum atomic E-state index is 0.137. The quantitative estimate of drug-likeness (QED) is 0.732. The third-order valence-electron chi connectivity index (χ3n) is 3.35. The molecule has 0 aliphatic heterocycles. The zero-order valence-corrected chi connectivity index (χ0v) is 11.7. The van der Waals surface area contributed by atoms with E-state index in [1.165, 1.54) is 0 Å². The van der Waals surface area contributed by atoms with Crippen molar-refractivity contribution in [1.29, 1.82) is 0 Å². The number of imidazole rings is 1. The predicted octanol–water partition coefficient (Wildman–Crippen LogP) is 3.16. The largest absolute Gasteiger partial charge is 0.449 e. The Morgan fingerprint density at radius 3 is 2.70 bits per heavy atom. The normalized spacial score (nSPS) is 12.6. The molecule has 20 heavy (non-hydrogen) atoms. The first-order chi connectivity index (χ1) is 9.65. The fraction of sp³-hybridized carbons (Fsp3) is 0.267. The van der Waals surface area contributed by atoms with Gasteiger partial charge in [0.25, 0.3) is 0 Å². The van der Waals surface area contributed by atoms with Crippen LogP contribution in [-0.4, -0.2) is 19.5 Å². The first-order valence-corrected chi connectivity index (χ1v) is 6.53. The molecule has 102 valence electrons. The molecule has 0 aliphatic rings. The summed E-state index contributed by atoms with van der Waals surface area (Å²) in [7, 11) is 0. The van der Waals surface area contributed by atoms with E-state index in [-0.39, 0.29) is 6.04 Å². The molecule has 0 saturated carbocycles. The molecule has 0 N–H and O–H groups in total. The van der Waals surface area contributed by atoms with E-state index >= 15 is 0 Å². The van der Waals surface area contributed by atoms with Crippen LogP contribution < -0.4 is 0 Å². The monoisotopic (exact) mass is 268 g/mol. The topological polar surface area (TPSA) is 56.7 Å². The Morgan fingerprint density at radius 2 is 2.05 bits per heavy atom. The molecule has 3 heterocycles. The fourth-order valence-corrected chi connectivity index (χ4v) is 2.18. The average Bonchev–Trinajstić information content (AvgIpc) is 3.07. The van der Waals surface area contributed by atoms with E-state index < -0.39 is 0 Å². The van der Waals surface area contributed by atoms with Gasteiger partial charge in [0.1, 0.15) is 12.0 Å². The first kappa shape index (κ1) is 12.6. The lowest BCUT2D eigenvalue weighted by atomic mass is 10.1. The highest BCUT2D eigenvalue weighted by Crippen LogP contribution is 2.24. The van der Waals surface area contributed by atoms with Gasteiger partial charge in [0, 0.05) is 31.2 Å². The zero-order valence-electron chi connectivity index (χ0n) is 11.7. The minimum absolute atomic E-state index is 0.137. The van der Waals surface area contributed by atoms with Crippen molar-refractivity contribution in [3.8, 4) is 11.5 Å². The summed E-state index contributed by atoms with van der Waals surface area (Å²) in [6.07, 6.45) is 7.26. The Labute approximate surface area is 117 Å². The van der Waals surface area contributed by atoms with Gasteiger partial charge >= 0.3 is 0 Å². The lowest BCUT2D eigenvalue weighted by Gasteiger charge is -2.15. The van der Waals surface area contributed by atoms with Crippen molar-refractivity contribution < 1.29 is 4.42 Å². The number of oxazole rings is 1. The van der Waals surface area contributed by atoms with Crippen molar-refractivity contribution >= 4 is 0 Å². The van der Waals surface area contributed by atoms with E-state index in [9.17, 15) is 0 Å². The number of aryl methyl sites for hydroxylation is 2. The van der Waals surface area contributed by atoms with Gasteiger partial charge in [0.05, 0.1) is 6.04 Å². The predicted molar refractivity (Wildman–Crippen MR) is 75.2 cm³/mol. The summed E-state index contributed by atoms with van der Waals surface area (Å²) in [6, 6.07) is 4.24. The van der Waals surface area contributed by atoms with Crippen LogP contribution in [0.25, 0.3) is 11.5 Å². The van der Waals surface area contributed by atoms with E-state index in [1.54, 1.807) is 12.5 Å². The van der Waals surface area contributed by atoms with Gasteiger partial charge < -0.3 is 8.98 Å². The van der Waals surface area contributed by atoms with Crippen LogP contribution in [0.3, 0.4) is 0 Å². The summed E-state index contributed by atoms with van der Waals surface area (Å²) >= 11 is 0. The third-order valence-corrected chi connectivity index (χ3v) is 3.35. The molecule has 0 spiro atoms. The second-order valence-electron chi connectivity index (χ2n) is 4.82. The summed E-state index contributed by atoms with van der Waals surface area (Å²) in [5, 5.41) is 0. The Hall–Kier alpha value is -2.43. The van der Waals surface area contributed by atoms with Crippen LogP contribution in [0.5, 0.6) is 0 Å². The van der Waals surface area contributed by atoms with Crippen LogP contribution in [0.4, 0.5) is 0 Å². The molecule has 0 unspecified atom stereocenters. The second-order valence-corrected chi connectivity index (χ2v) is 4.82. The number of nitrogens with zero attached hydrogens (tertiary/aromatic N) is 4. The average molecular weight is 268 g/mol. The standard InChI is InChI=1S/C15H16N4O/c1-10-4-5-13(8-17-10)11(2)19-7-6-16-15(19)14-9-20-12(3)18-14/h4-9,11H,1-3H3/t11-/m1/s1. The highest BCUT2D eigenvalue weighted by molar-refractivity contribution is 5.48. The third kappa shape index (κ3) is 2.22. The number of rotatable bonds is 3. The van der Waals surface area contributed by atoms with Gasteiger partial charge in [0.2, 0.25) is 0 Å². The van der Waals surface area contributed by atoms with Crippen LogP contribution >= 0.6 is 0 Å². The van der Waals surface area contributed by atoms with Gasteiger partial charge in [-0.25, -0.2) is 9.97 Å². The summed E-state index contributed by atoms with van der Waals surface area (Å²) in [6.45, 7) is 5.92. The van der Waals surface area contributed by atoms with Crippen molar-refractivity contribution in [2.75, 3.05) is 0 Å². The number of aromatic nitrogens is 4. The maximum Gasteiger partial charge on any atom is 0.191 e. The highest BCUT2D eigenvalue weighted by Gasteiger charge is 2.16. The molecular formula is C15H16N4O. The first-order valence-electron chi connectivity index (χ1n) is 6.53. The number of hydrogen-bond donors (Lipinski definition) is 0. The van der Waals surface area contributed by atoms with Crippen molar-refractivity contribution in [2.45, 2.75) is 26.8 Å². The van der Waals surface area contributed by atoms with Gasteiger partial charge in [-0.3, -0.25) is 4.98 Å². The Kier molecular flexibility index (Phi) is 3.10. The van der Waals surface area contributed by atoms with Crippen LogP contribution in [0.15, 0.2) is 41.4 Å². The molecule has 0 aromatic carbocycles. The number of hydrogen-bond acceptors (Lipinski definition) is 4. The van der Waals surface area contributed by atoms with E-state index in [1.807, 2.05) is 32.3 Å². The molecule has 3 aromatic rings. The zero-order chi connectivity index (χ0) is 14.1. The van der Waals surface area contributed by atoms with Gasteiger partial charge in [-0.15, -0.1) is 0 Å². The van der Waals surface area contributed by atoms with Crippen molar-refractivity contribution in [2.24, 2.45) is 0 Å². The molecule has 0 radical (unpaired) electrons. The van der Waals surface area contributed by atoms with Crippen LogP contribution in [0, 0.1) is 13.8 Å². The molecule has 0 amide bonds. The van der Waals surface area contributed by atoms with E-state index in [0.29, 0.717) is 5.89 Å². The maximum absolute atomic E-state index is 5.27. The molecule has 5 heteroatoms. The SMILES string of the molecule is Cc1ccc([C@@H](C)n2ccnc2-c2coc(C)n2)cn1. The molecule has 5 nitrogen and oxygen atoms in total. The lowest BCUT2D eigenvalue weighted by Crippen LogP contribution is -2.08. The molecule has 0 aliphatic carbocycles. The lowest BCUT2D eigenvalue weighted by molar-refractivity contribution is 0.521. The molecule has 1 atom stereocenters. The van der Waals surface area contributed by atoms with Crippen LogP contribution in [0.1, 0.15) is 30.1 Å². The summed E-state index contributed by atoms with van der Waals surface area (Å²) in [5.74, 6) is 1.44. The van der Waals surface area contributed by atoms with Gasteiger partial charge in [0.15, 0.2) is 11.7 Å². The maximum atomic E-state index is 5.27. The summed E-state index contributed by atoms with van der Waals surface area (Å²) in [4.78, 5) is 13.1. The smallest absolute Gasteiger partial charge is 0.191 e. The van der Waals surface area contributed by atoms with Crippen molar-refractivity contribution in [3.05, 3.63) is 54.1 Å². The van der Waals surface area contributed by atoms with Crippen LogP contribution in [0.2, 0.25) is 0 Å². The molecule has 0 bridgehead atoms. The van der Waals surface area contributed by atoms with E-state index in [0.717, 1.165) is 22.8 Å². The van der Waals surface area contributed by atoms with E-state index in [2.05, 4.69) is 32.5 Å². The molecule has 0 fully saturated rings. The summed E-state index contributed by atoms with van der Waals surface area (Å²) in [5.41, 5.74) is 2.90. The Balaban J connectivity index is 1.99. The molecule has 3 aromatic heterocycles. The van der Waals surface area contributed by atoms with Gasteiger partial charge in [-0.1, -0.05) is 6.07 Å². The Bertz CT molecular complexity index is 712. The van der Waals surface area contributed by atoms with Gasteiger partial charge in [-0.2, -0.15) is 0 Å². The molecular weight excluding hydrogens is 252 g/mol. The van der Waals surface area contributed by atoms with E-state index in [4.69, 9.17) is 4.42 Å². The van der Waals surface area contributed by atoms with Crippen molar-refractivity contribution in [1.82, 2.24) is 19.5 Å². The van der Waals surface area contributed by atoms with Crippen molar-refractivity contribution in [3.63, 3.8) is 0 Å². The Morgan fingerprint density at radius 1 is 1.20 bits per heavy atom. The van der Waals surface area contributed by atoms with Gasteiger partial charge in [-0.05, 0) is 25.5 Å². The highest BCUT2D eigenvalue weighted by atomic mass is 16.3. The molecule has 0 saturated heterocycles.